The molecule has 0 aliphatic carbocycles. The van der Waals surface area contributed by atoms with Gasteiger partial charge in [-0.3, -0.25) is 9.69 Å². The van der Waals surface area contributed by atoms with Gasteiger partial charge in [-0.05, 0) is 24.6 Å². The van der Waals surface area contributed by atoms with E-state index in [1.54, 1.807) is 19.3 Å². The summed E-state index contributed by atoms with van der Waals surface area (Å²) in [6.45, 7) is 7.06. The van der Waals surface area contributed by atoms with E-state index < -0.39 is 0 Å². The normalized spacial score (nSPS) is 15.3. The minimum absolute atomic E-state index is 0.169. The number of aromatic hydroxyl groups is 1. The maximum Gasteiger partial charge on any atom is 0.287 e. The molecule has 1 fully saturated rings. The topological polar surface area (TPSA) is 73.6 Å². The van der Waals surface area contributed by atoms with Crippen molar-refractivity contribution in [3.8, 4) is 5.75 Å². The van der Waals surface area contributed by atoms with Gasteiger partial charge in [0.15, 0.2) is 0 Å². The highest BCUT2D eigenvalue weighted by Gasteiger charge is 2.19. The van der Waals surface area contributed by atoms with Gasteiger partial charge in [-0.15, -0.1) is 0 Å². The molecule has 7 nitrogen and oxygen atoms in total. The highest BCUT2D eigenvalue weighted by molar-refractivity contribution is 6.32. The fraction of sp³-hybridized carbons (Fsp3) is 0.444. The summed E-state index contributed by atoms with van der Waals surface area (Å²) in [7, 11) is 1.57. The average molecular weight is 378 g/mol. The molecule has 0 radical (unpaired) electrons. The Labute approximate surface area is 157 Å². The third-order valence-corrected chi connectivity index (χ3v) is 5.03. The van der Waals surface area contributed by atoms with Gasteiger partial charge < -0.3 is 15.3 Å². The summed E-state index contributed by atoms with van der Waals surface area (Å²) in [5.74, 6) is 0.341. The first-order valence-electron chi connectivity index (χ1n) is 8.68. The fourth-order valence-corrected chi connectivity index (χ4v) is 3.33. The summed E-state index contributed by atoms with van der Waals surface area (Å²) in [5, 5.41) is 17.5. The van der Waals surface area contributed by atoms with E-state index in [0.717, 1.165) is 44.0 Å². The van der Waals surface area contributed by atoms with Gasteiger partial charge in [0.25, 0.3) is 5.56 Å². The molecular formula is C18H24ClN5O2. The van der Waals surface area contributed by atoms with Crippen molar-refractivity contribution in [1.29, 1.82) is 0 Å². The summed E-state index contributed by atoms with van der Waals surface area (Å²) < 4.78 is 1.22. The van der Waals surface area contributed by atoms with Crippen molar-refractivity contribution in [3.63, 3.8) is 0 Å². The summed E-state index contributed by atoms with van der Waals surface area (Å²) in [6.07, 6.45) is 1.57. The number of benzene rings is 1. The Kier molecular flexibility index (Phi) is 5.68. The van der Waals surface area contributed by atoms with Crippen molar-refractivity contribution >= 4 is 23.0 Å². The maximum atomic E-state index is 11.8. The lowest BCUT2D eigenvalue weighted by molar-refractivity contribution is 0.266. The summed E-state index contributed by atoms with van der Waals surface area (Å²) in [5.41, 5.74) is 2.22. The van der Waals surface area contributed by atoms with Crippen LogP contribution in [0.1, 0.15) is 5.56 Å². The number of hydrogen-bond donors (Lipinski definition) is 2. The number of piperazine rings is 1. The first-order chi connectivity index (χ1) is 12.5. The van der Waals surface area contributed by atoms with Crippen LogP contribution in [0.25, 0.3) is 0 Å². The van der Waals surface area contributed by atoms with E-state index in [-0.39, 0.29) is 10.6 Å². The lowest BCUT2D eigenvalue weighted by Gasteiger charge is -2.36. The number of hydrogen-bond acceptors (Lipinski definition) is 6. The predicted octanol–water partition coefficient (Wildman–Crippen LogP) is 1.68. The molecule has 1 aromatic heterocycles. The van der Waals surface area contributed by atoms with E-state index in [1.165, 1.54) is 4.68 Å². The van der Waals surface area contributed by atoms with Crippen LogP contribution in [0, 0.1) is 6.92 Å². The minimum Gasteiger partial charge on any atom is -0.506 e. The molecule has 0 atom stereocenters. The third kappa shape index (κ3) is 4.11. The molecule has 26 heavy (non-hydrogen) atoms. The number of nitrogens with zero attached hydrogens (tertiary/aromatic N) is 4. The van der Waals surface area contributed by atoms with E-state index in [0.29, 0.717) is 18.0 Å². The smallest absolute Gasteiger partial charge is 0.287 e. The molecule has 0 amide bonds. The lowest BCUT2D eigenvalue weighted by atomic mass is 10.1. The van der Waals surface area contributed by atoms with Crippen molar-refractivity contribution in [2.75, 3.05) is 49.5 Å². The average Bonchev–Trinajstić information content (AvgIpc) is 2.62. The van der Waals surface area contributed by atoms with Crippen molar-refractivity contribution in [3.05, 3.63) is 45.3 Å². The second-order valence-electron chi connectivity index (χ2n) is 6.55. The largest absolute Gasteiger partial charge is 0.506 e. The van der Waals surface area contributed by atoms with Crippen LogP contribution in [0.5, 0.6) is 5.75 Å². The highest BCUT2D eigenvalue weighted by atomic mass is 35.5. The molecule has 2 N–H and O–H groups in total. The lowest BCUT2D eigenvalue weighted by Crippen LogP contribution is -2.47. The molecule has 1 aliphatic rings. The van der Waals surface area contributed by atoms with Crippen molar-refractivity contribution in [2.24, 2.45) is 7.05 Å². The Morgan fingerprint density at radius 3 is 2.69 bits per heavy atom. The molecule has 0 saturated carbocycles. The van der Waals surface area contributed by atoms with E-state index in [4.69, 9.17) is 11.6 Å². The number of halogens is 1. The highest BCUT2D eigenvalue weighted by Crippen LogP contribution is 2.28. The van der Waals surface area contributed by atoms with E-state index in [1.807, 2.05) is 19.1 Å². The van der Waals surface area contributed by atoms with Crippen LogP contribution >= 0.6 is 11.6 Å². The monoisotopic (exact) mass is 377 g/mol. The van der Waals surface area contributed by atoms with E-state index in [2.05, 4.69) is 20.2 Å². The molecule has 140 valence electrons. The standard InChI is InChI=1S/C18H24ClN5O2/c1-13-3-4-15(16(25)11-13)24-9-7-23(8-10-24)6-5-20-14-12-21-22(2)18(26)17(14)19/h3-4,11-12,20,25H,5-10H2,1-2H3. The predicted molar refractivity (Wildman–Crippen MR) is 104 cm³/mol. The molecule has 1 aliphatic heterocycles. The summed E-state index contributed by atoms with van der Waals surface area (Å²) >= 11 is 6.05. The van der Waals surface area contributed by atoms with Crippen LogP contribution in [-0.4, -0.2) is 59.1 Å². The van der Waals surface area contributed by atoms with Gasteiger partial charge >= 0.3 is 0 Å². The van der Waals surface area contributed by atoms with Crippen molar-refractivity contribution in [2.45, 2.75) is 6.92 Å². The molecule has 3 rings (SSSR count). The second-order valence-corrected chi connectivity index (χ2v) is 6.93. The van der Waals surface area contributed by atoms with E-state index in [9.17, 15) is 9.90 Å². The third-order valence-electron chi connectivity index (χ3n) is 4.67. The molecule has 0 spiro atoms. The molecule has 0 unspecified atom stereocenters. The van der Waals surface area contributed by atoms with Crippen LogP contribution in [-0.2, 0) is 7.05 Å². The van der Waals surface area contributed by atoms with Gasteiger partial charge in [0.05, 0.1) is 17.6 Å². The Bertz CT molecular complexity index is 831. The Morgan fingerprint density at radius 2 is 2.00 bits per heavy atom. The van der Waals surface area contributed by atoms with Crippen LogP contribution in [0.15, 0.2) is 29.2 Å². The first kappa shape index (κ1) is 18.5. The molecular weight excluding hydrogens is 354 g/mol. The fourth-order valence-electron chi connectivity index (χ4n) is 3.10. The molecule has 0 bridgehead atoms. The van der Waals surface area contributed by atoms with Gasteiger partial charge in [0.2, 0.25) is 0 Å². The second kappa shape index (κ2) is 7.97. The molecule has 2 aromatic rings. The summed E-state index contributed by atoms with van der Waals surface area (Å²) in [4.78, 5) is 16.3. The van der Waals surface area contributed by atoms with E-state index >= 15 is 0 Å². The first-order valence-corrected chi connectivity index (χ1v) is 9.06. The van der Waals surface area contributed by atoms with Crippen molar-refractivity contribution in [1.82, 2.24) is 14.7 Å². The van der Waals surface area contributed by atoms with Gasteiger partial charge in [-0.25, -0.2) is 4.68 Å². The Hall–Kier alpha value is -2.25. The zero-order chi connectivity index (χ0) is 18.7. The number of phenolic OH excluding ortho intramolecular Hbond substituents is 1. The van der Waals surface area contributed by atoms with Gasteiger partial charge in [-0.1, -0.05) is 17.7 Å². The van der Waals surface area contributed by atoms with Crippen LogP contribution in [0.2, 0.25) is 5.02 Å². The van der Waals surface area contributed by atoms with Crippen LogP contribution in [0.3, 0.4) is 0 Å². The Morgan fingerprint density at radius 1 is 1.27 bits per heavy atom. The number of anilines is 2. The summed E-state index contributed by atoms with van der Waals surface area (Å²) in [6, 6.07) is 5.80. The van der Waals surface area contributed by atoms with Gasteiger partial charge in [-0.2, -0.15) is 5.10 Å². The molecule has 1 saturated heterocycles. The molecule has 1 aromatic carbocycles. The Balaban J connectivity index is 1.49. The number of rotatable bonds is 5. The molecule has 8 heteroatoms. The van der Waals surface area contributed by atoms with Crippen molar-refractivity contribution < 1.29 is 5.11 Å². The maximum absolute atomic E-state index is 11.8. The molecule has 2 heterocycles. The van der Waals surface area contributed by atoms with Crippen LogP contribution in [0.4, 0.5) is 11.4 Å². The zero-order valence-electron chi connectivity index (χ0n) is 15.1. The van der Waals surface area contributed by atoms with Gasteiger partial charge in [0.1, 0.15) is 10.8 Å². The number of aryl methyl sites for hydroxylation is 2. The number of phenols is 1. The SMILES string of the molecule is Cc1ccc(N2CCN(CCNc3cnn(C)c(=O)c3Cl)CC2)c(O)c1. The number of nitrogens with one attached hydrogen (secondary N) is 1. The van der Waals surface area contributed by atoms with Crippen LogP contribution < -0.4 is 15.8 Å². The van der Waals surface area contributed by atoms with Gasteiger partial charge in [0, 0.05) is 46.3 Å². The quantitative estimate of drug-likeness (QED) is 0.826. The zero-order valence-corrected chi connectivity index (χ0v) is 15.8. The minimum atomic E-state index is -0.303. The number of aromatic nitrogens is 2.